The maximum Gasteiger partial charge on any atom is 0.265 e. The van der Waals surface area contributed by atoms with E-state index in [1.165, 1.54) is 0 Å². The van der Waals surface area contributed by atoms with Crippen LogP contribution in [0.3, 0.4) is 0 Å². The van der Waals surface area contributed by atoms with Gasteiger partial charge in [0.1, 0.15) is 5.75 Å². The monoisotopic (exact) mass is 272 g/mol. The molecule has 0 saturated carbocycles. The molecule has 0 saturated heterocycles. The Balaban J connectivity index is 2.99. The lowest BCUT2D eigenvalue weighted by atomic mass is 10.2. The first-order chi connectivity index (χ1) is 7.02. The number of hydrazine groups is 1. The fraction of sp³-hybridized carbons (Fsp3) is 0.300. The summed E-state index contributed by atoms with van der Waals surface area (Å²) in [7, 11) is 0. The van der Waals surface area contributed by atoms with Gasteiger partial charge in [0.15, 0.2) is 0 Å². The quantitative estimate of drug-likeness (QED) is 0.501. The number of amides is 1. The van der Waals surface area contributed by atoms with Gasteiger partial charge in [0.2, 0.25) is 0 Å². The molecule has 1 amide bonds. The zero-order valence-electron chi connectivity index (χ0n) is 8.58. The molecule has 1 aromatic rings. The molecule has 0 aliphatic heterocycles. The van der Waals surface area contributed by atoms with Gasteiger partial charge in [0, 0.05) is 10.0 Å². The summed E-state index contributed by atoms with van der Waals surface area (Å²) in [5.41, 5.74) is 2.53. The average Bonchev–Trinajstić information content (AvgIpc) is 2.14. The van der Waals surface area contributed by atoms with Crippen molar-refractivity contribution in [2.45, 2.75) is 20.0 Å². The van der Waals surface area contributed by atoms with Crippen LogP contribution in [0.25, 0.3) is 0 Å². The van der Waals surface area contributed by atoms with Gasteiger partial charge >= 0.3 is 0 Å². The highest BCUT2D eigenvalue weighted by molar-refractivity contribution is 9.10. The normalized spacial score (nSPS) is 10.2. The largest absolute Gasteiger partial charge is 0.491 e. The minimum Gasteiger partial charge on any atom is -0.491 e. The van der Waals surface area contributed by atoms with Crippen LogP contribution in [0.2, 0.25) is 0 Å². The molecule has 0 spiro atoms. The molecule has 1 rings (SSSR count). The number of hydrogen-bond acceptors (Lipinski definition) is 3. The van der Waals surface area contributed by atoms with Crippen molar-refractivity contribution in [3.05, 3.63) is 28.2 Å². The molecule has 5 heteroatoms. The fourth-order valence-electron chi connectivity index (χ4n) is 1.12. The van der Waals surface area contributed by atoms with Crippen molar-refractivity contribution in [1.29, 1.82) is 0 Å². The Hall–Kier alpha value is -1.07. The number of carbonyl (C=O) groups excluding carboxylic acids is 1. The molecule has 0 aliphatic carbocycles. The van der Waals surface area contributed by atoms with E-state index in [1.54, 1.807) is 18.2 Å². The van der Waals surface area contributed by atoms with Crippen LogP contribution in [0.4, 0.5) is 0 Å². The number of benzene rings is 1. The van der Waals surface area contributed by atoms with Crippen LogP contribution < -0.4 is 16.0 Å². The molecule has 4 nitrogen and oxygen atoms in total. The van der Waals surface area contributed by atoms with E-state index < -0.39 is 0 Å². The predicted octanol–water partition coefficient (Wildman–Crippen LogP) is 1.84. The van der Waals surface area contributed by atoms with E-state index in [4.69, 9.17) is 10.6 Å². The van der Waals surface area contributed by atoms with Gasteiger partial charge < -0.3 is 4.74 Å². The van der Waals surface area contributed by atoms with E-state index in [1.807, 2.05) is 13.8 Å². The summed E-state index contributed by atoms with van der Waals surface area (Å²) < 4.78 is 6.26. The van der Waals surface area contributed by atoms with Gasteiger partial charge in [-0.1, -0.05) is 15.9 Å². The van der Waals surface area contributed by atoms with E-state index in [0.29, 0.717) is 11.3 Å². The number of halogens is 1. The third kappa shape index (κ3) is 3.53. The summed E-state index contributed by atoms with van der Waals surface area (Å²) in [4.78, 5) is 11.3. The summed E-state index contributed by atoms with van der Waals surface area (Å²) in [6, 6.07) is 5.12. The third-order valence-electron chi connectivity index (χ3n) is 1.64. The Kier molecular flexibility index (Phi) is 4.11. The molecular weight excluding hydrogens is 260 g/mol. The molecule has 0 radical (unpaired) electrons. The first-order valence-corrected chi connectivity index (χ1v) is 5.30. The van der Waals surface area contributed by atoms with Crippen LogP contribution in [0.1, 0.15) is 24.2 Å². The van der Waals surface area contributed by atoms with E-state index in [9.17, 15) is 4.79 Å². The van der Waals surface area contributed by atoms with Crippen LogP contribution in [0.15, 0.2) is 22.7 Å². The molecule has 0 heterocycles. The molecule has 0 atom stereocenters. The average molecular weight is 273 g/mol. The van der Waals surface area contributed by atoms with Crippen LogP contribution in [0, 0.1) is 0 Å². The highest BCUT2D eigenvalue weighted by Gasteiger charge is 2.07. The third-order valence-corrected chi connectivity index (χ3v) is 2.09. The summed E-state index contributed by atoms with van der Waals surface area (Å²) in [6.45, 7) is 3.84. The van der Waals surface area contributed by atoms with E-state index >= 15 is 0 Å². The highest BCUT2D eigenvalue weighted by atomic mass is 79.9. The maximum atomic E-state index is 11.3. The topological polar surface area (TPSA) is 64.3 Å². The molecule has 1 aromatic carbocycles. The number of rotatable bonds is 3. The lowest BCUT2D eigenvalue weighted by molar-refractivity contribution is 0.0953. The molecule has 3 N–H and O–H groups in total. The minimum atomic E-state index is -0.343. The summed E-state index contributed by atoms with van der Waals surface area (Å²) in [6.07, 6.45) is 0.0630. The summed E-state index contributed by atoms with van der Waals surface area (Å²) in [5.74, 6) is 5.34. The van der Waals surface area contributed by atoms with Gasteiger partial charge in [-0.2, -0.15) is 0 Å². The number of nitrogen functional groups attached to an aromatic ring is 1. The second kappa shape index (κ2) is 5.14. The van der Waals surface area contributed by atoms with E-state index in [2.05, 4.69) is 21.4 Å². The van der Waals surface area contributed by atoms with Crippen molar-refractivity contribution in [3.63, 3.8) is 0 Å². The van der Waals surface area contributed by atoms with Gasteiger partial charge in [-0.05, 0) is 32.0 Å². The fourth-order valence-corrected chi connectivity index (χ4v) is 1.59. The summed E-state index contributed by atoms with van der Waals surface area (Å²) in [5, 5.41) is 0. The van der Waals surface area contributed by atoms with Crippen molar-refractivity contribution in [3.8, 4) is 5.75 Å². The number of carbonyl (C=O) groups is 1. The standard InChI is InChI=1S/C10H13BrN2O2/c1-6(2)15-9-4-7(10(14)13-12)3-8(11)5-9/h3-6H,12H2,1-2H3,(H,13,14). The number of nitrogens with two attached hydrogens (primary N) is 1. The van der Waals surface area contributed by atoms with Gasteiger partial charge in [0.25, 0.3) is 5.91 Å². The molecule has 0 unspecified atom stereocenters. The van der Waals surface area contributed by atoms with Gasteiger partial charge in [-0.15, -0.1) is 0 Å². The first kappa shape index (κ1) is 12.0. The summed E-state index contributed by atoms with van der Waals surface area (Å²) >= 11 is 3.30. The Morgan fingerprint density at radius 3 is 2.67 bits per heavy atom. The van der Waals surface area contributed by atoms with Crippen LogP contribution in [-0.2, 0) is 0 Å². The second-order valence-electron chi connectivity index (χ2n) is 3.32. The van der Waals surface area contributed by atoms with Gasteiger partial charge in [-0.3, -0.25) is 10.2 Å². The minimum absolute atomic E-state index is 0.0630. The number of nitrogens with one attached hydrogen (secondary N) is 1. The first-order valence-electron chi connectivity index (χ1n) is 4.51. The van der Waals surface area contributed by atoms with Crippen molar-refractivity contribution < 1.29 is 9.53 Å². The maximum absolute atomic E-state index is 11.3. The smallest absolute Gasteiger partial charge is 0.265 e. The second-order valence-corrected chi connectivity index (χ2v) is 4.23. The van der Waals surface area contributed by atoms with Crippen LogP contribution in [-0.4, -0.2) is 12.0 Å². The molecule has 15 heavy (non-hydrogen) atoms. The van der Waals surface area contributed by atoms with Crippen LogP contribution >= 0.6 is 15.9 Å². The van der Waals surface area contributed by atoms with Gasteiger partial charge in [-0.25, -0.2) is 5.84 Å². The van der Waals surface area contributed by atoms with Crippen molar-refractivity contribution >= 4 is 21.8 Å². The van der Waals surface area contributed by atoms with Crippen molar-refractivity contribution in [1.82, 2.24) is 5.43 Å². The highest BCUT2D eigenvalue weighted by Crippen LogP contribution is 2.22. The Morgan fingerprint density at radius 2 is 2.13 bits per heavy atom. The molecule has 0 aliphatic rings. The molecule has 0 bridgehead atoms. The lowest BCUT2D eigenvalue weighted by Gasteiger charge is -2.11. The Labute approximate surface area is 96.9 Å². The van der Waals surface area contributed by atoms with Crippen molar-refractivity contribution in [2.75, 3.05) is 0 Å². The van der Waals surface area contributed by atoms with Crippen molar-refractivity contribution in [2.24, 2.45) is 5.84 Å². The molecule has 0 fully saturated rings. The SMILES string of the molecule is CC(C)Oc1cc(Br)cc(C(=O)NN)c1. The Bertz CT molecular complexity index is 366. The Morgan fingerprint density at radius 1 is 1.47 bits per heavy atom. The molecule has 0 aromatic heterocycles. The zero-order valence-corrected chi connectivity index (χ0v) is 10.2. The van der Waals surface area contributed by atoms with Crippen LogP contribution in [0.5, 0.6) is 5.75 Å². The lowest BCUT2D eigenvalue weighted by Crippen LogP contribution is -2.30. The molecular formula is C10H13BrN2O2. The van der Waals surface area contributed by atoms with E-state index in [-0.39, 0.29) is 12.0 Å². The van der Waals surface area contributed by atoms with E-state index in [0.717, 1.165) is 4.47 Å². The number of ether oxygens (including phenoxy) is 1. The predicted molar refractivity (Wildman–Crippen MR) is 61.6 cm³/mol. The van der Waals surface area contributed by atoms with Gasteiger partial charge in [0.05, 0.1) is 6.10 Å². The number of hydrogen-bond donors (Lipinski definition) is 2. The molecule has 82 valence electrons. The zero-order chi connectivity index (χ0) is 11.4.